The van der Waals surface area contributed by atoms with Gasteiger partial charge in [-0.2, -0.15) is 0 Å². The number of aromatic nitrogens is 1. The maximum Gasteiger partial charge on any atom is 0.255 e. The summed E-state index contributed by atoms with van der Waals surface area (Å²) >= 11 is 0. The summed E-state index contributed by atoms with van der Waals surface area (Å²) in [5.74, 6) is 0.599. The largest absolute Gasteiger partial charge is 0.378 e. The first-order valence-electron chi connectivity index (χ1n) is 8.43. The minimum atomic E-state index is -0.134. The molecule has 6 nitrogen and oxygen atoms in total. The van der Waals surface area contributed by atoms with Gasteiger partial charge in [-0.05, 0) is 36.8 Å². The van der Waals surface area contributed by atoms with E-state index in [2.05, 4.69) is 22.1 Å². The van der Waals surface area contributed by atoms with Gasteiger partial charge in [-0.3, -0.25) is 4.79 Å². The number of rotatable bonds is 4. The molecule has 3 rings (SSSR count). The first-order chi connectivity index (χ1) is 12.1. The summed E-state index contributed by atoms with van der Waals surface area (Å²) in [7, 11) is 3.81. The second-order valence-corrected chi connectivity index (χ2v) is 6.32. The van der Waals surface area contributed by atoms with Gasteiger partial charge in [0.25, 0.3) is 5.91 Å². The molecule has 0 aliphatic carbocycles. The number of anilines is 3. The van der Waals surface area contributed by atoms with E-state index in [9.17, 15) is 4.79 Å². The van der Waals surface area contributed by atoms with Crippen molar-refractivity contribution < 1.29 is 9.53 Å². The summed E-state index contributed by atoms with van der Waals surface area (Å²) in [6.45, 7) is 5.20. The van der Waals surface area contributed by atoms with Crippen LogP contribution in [-0.4, -0.2) is 51.3 Å². The Bertz CT molecular complexity index is 755. The van der Waals surface area contributed by atoms with E-state index in [-0.39, 0.29) is 5.91 Å². The van der Waals surface area contributed by atoms with E-state index in [4.69, 9.17) is 4.74 Å². The van der Waals surface area contributed by atoms with E-state index >= 15 is 0 Å². The molecule has 1 N–H and O–H groups in total. The lowest BCUT2D eigenvalue weighted by Crippen LogP contribution is -2.36. The zero-order valence-corrected chi connectivity index (χ0v) is 15.0. The molecule has 0 saturated carbocycles. The number of pyridine rings is 1. The smallest absolute Gasteiger partial charge is 0.255 e. The average Bonchev–Trinajstić information content (AvgIpc) is 2.63. The second-order valence-electron chi connectivity index (χ2n) is 6.32. The van der Waals surface area contributed by atoms with Gasteiger partial charge in [0.2, 0.25) is 0 Å². The van der Waals surface area contributed by atoms with Gasteiger partial charge in [-0.1, -0.05) is 6.07 Å². The standard InChI is InChI=1S/C19H24N4O2/c1-14-6-7-15(13-17(14)23-9-11-25-12-10-23)19(24)21-16-5-4-8-20-18(16)22(2)3/h4-8,13H,9-12H2,1-3H3,(H,21,24). The van der Waals surface area contributed by atoms with Crippen LogP contribution >= 0.6 is 0 Å². The zero-order chi connectivity index (χ0) is 17.8. The van der Waals surface area contributed by atoms with E-state index in [1.807, 2.05) is 49.3 Å². The second kappa shape index (κ2) is 7.53. The van der Waals surface area contributed by atoms with Gasteiger partial charge in [0.1, 0.15) is 0 Å². The van der Waals surface area contributed by atoms with Crippen LogP contribution < -0.4 is 15.1 Å². The number of carbonyl (C=O) groups excluding carboxylic acids is 1. The fraction of sp³-hybridized carbons (Fsp3) is 0.368. The fourth-order valence-corrected chi connectivity index (χ4v) is 2.94. The number of hydrogen-bond donors (Lipinski definition) is 1. The number of aryl methyl sites for hydroxylation is 1. The molecule has 0 atom stereocenters. The van der Waals surface area contributed by atoms with Crippen LogP contribution in [0.25, 0.3) is 0 Å². The minimum Gasteiger partial charge on any atom is -0.378 e. The van der Waals surface area contributed by atoms with Crippen molar-refractivity contribution in [2.45, 2.75) is 6.92 Å². The van der Waals surface area contributed by atoms with Gasteiger partial charge >= 0.3 is 0 Å². The number of ether oxygens (including phenoxy) is 1. The third kappa shape index (κ3) is 3.91. The molecular weight excluding hydrogens is 316 g/mol. The molecule has 1 aliphatic heterocycles. The molecule has 1 aromatic carbocycles. The highest BCUT2D eigenvalue weighted by Crippen LogP contribution is 2.25. The van der Waals surface area contributed by atoms with Crippen molar-refractivity contribution in [2.24, 2.45) is 0 Å². The van der Waals surface area contributed by atoms with Crippen LogP contribution in [0.4, 0.5) is 17.2 Å². The normalized spacial score (nSPS) is 14.3. The first kappa shape index (κ1) is 17.2. The molecule has 0 bridgehead atoms. The fourth-order valence-electron chi connectivity index (χ4n) is 2.94. The van der Waals surface area contributed by atoms with E-state index in [1.54, 1.807) is 6.20 Å². The van der Waals surface area contributed by atoms with Gasteiger partial charge in [-0.25, -0.2) is 4.98 Å². The lowest BCUT2D eigenvalue weighted by molar-refractivity contribution is 0.102. The Morgan fingerprint density at radius 1 is 1.24 bits per heavy atom. The Balaban J connectivity index is 1.83. The minimum absolute atomic E-state index is 0.134. The molecule has 0 spiro atoms. The number of nitrogens with zero attached hydrogens (tertiary/aromatic N) is 3. The molecule has 1 aliphatic rings. The van der Waals surface area contributed by atoms with E-state index in [0.717, 1.165) is 43.4 Å². The van der Waals surface area contributed by atoms with Crippen molar-refractivity contribution in [1.29, 1.82) is 0 Å². The number of amides is 1. The van der Waals surface area contributed by atoms with Crippen LogP contribution in [0.3, 0.4) is 0 Å². The molecule has 25 heavy (non-hydrogen) atoms. The van der Waals surface area contributed by atoms with Crippen molar-refractivity contribution in [3.63, 3.8) is 0 Å². The van der Waals surface area contributed by atoms with Crippen molar-refractivity contribution in [3.05, 3.63) is 47.7 Å². The maximum absolute atomic E-state index is 12.7. The quantitative estimate of drug-likeness (QED) is 0.927. The highest BCUT2D eigenvalue weighted by molar-refractivity contribution is 6.06. The van der Waals surface area contributed by atoms with Crippen LogP contribution in [0.1, 0.15) is 15.9 Å². The van der Waals surface area contributed by atoms with Gasteiger partial charge in [0, 0.05) is 44.6 Å². The molecule has 2 aromatic rings. The van der Waals surface area contributed by atoms with E-state index in [0.29, 0.717) is 11.3 Å². The highest BCUT2D eigenvalue weighted by atomic mass is 16.5. The Hall–Kier alpha value is -2.60. The van der Waals surface area contributed by atoms with Crippen LogP contribution in [0.5, 0.6) is 0 Å². The summed E-state index contributed by atoms with van der Waals surface area (Å²) < 4.78 is 5.42. The summed E-state index contributed by atoms with van der Waals surface area (Å²) in [5.41, 5.74) is 3.59. The van der Waals surface area contributed by atoms with Crippen LogP contribution in [0.2, 0.25) is 0 Å². The van der Waals surface area contributed by atoms with Crippen LogP contribution in [0, 0.1) is 6.92 Å². The third-order valence-corrected chi connectivity index (χ3v) is 4.28. The summed E-state index contributed by atoms with van der Waals surface area (Å²) in [4.78, 5) is 21.2. The third-order valence-electron chi connectivity index (χ3n) is 4.28. The topological polar surface area (TPSA) is 57.7 Å². The van der Waals surface area contributed by atoms with Crippen molar-refractivity contribution >= 4 is 23.1 Å². The van der Waals surface area contributed by atoms with Gasteiger partial charge in [0.15, 0.2) is 5.82 Å². The lowest BCUT2D eigenvalue weighted by Gasteiger charge is -2.30. The maximum atomic E-state index is 12.7. The van der Waals surface area contributed by atoms with Gasteiger partial charge in [-0.15, -0.1) is 0 Å². The van der Waals surface area contributed by atoms with Crippen molar-refractivity contribution in [2.75, 3.05) is 55.5 Å². The lowest BCUT2D eigenvalue weighted by atomic mass is 10.1. The molecule has 6 heteroatoms. The molecule has 1 saturated heterocycles. The first-order valence-corrected chi connectivity index (χ1v) is 8.43. The Labute approximate surface area is 148 Å². The summed E-state index contributed by atoms with van der Waals surface area (Å²) in [6.07, 6.45) is 1.72. The number of morpholine rings is 1. The van der Waals surface area contributed by atoms with Crippen LogP contribution in [-0.2, 0) is 4.74 Å². The van der Waals surface area contributed by atoms with Crippen molar-refractivity contribution in [3.8, 4) is 0 Å². The SMILES string of the molecule is Cc1ccc(C(=O)Nc2cccnc2N(C)C)cc1N1CCOCC1. The molecular formula is C19H24N4O2. The van der Waals surface area contributed by atoms with Crippen molar-refractivity contribution in [1.82, 2.24) is 4.98 Å². The predicted octanol–water partition coefficient (Wildman–Crippen LogP) is 2.54. The molecule has 0 radical (unpaired) electrons. The Morgan fingerprint density at radius 3 is 2.72 bits per heavy atom. The number of carbonyl (C=O) groups is 1. The Kier molecular flexibility index (Phi) is 5.19. The highest BCUT2D eigenvalue weighted by Gasteiger charge is 2.17. The summed E-state index contributed by atoms with van der Waals surface area (Å²) in [5, 5.41) is 2.97. The van der Waals surface area contributed by atoms with E-state index < -0.39 is 0 Å². The van der Waals surface area contributed by atoms with Gasteiger partial charge in [0.05, 0.1) is 18.9 Å². The molecule has 1 aromatic heterocycles. The molecule has 2 heterocycles. The molecule has 1 amide bonds. The summed E-state index contributed by atoms with van der Waals surface area (Å²) in [6, 6.07) is 9.49. The number of nitrogens with one attached hydrogen (secondary N) is 1. The predicted molar refractivity (Wildman–Crippen MR) is 101 cm³/mol. The van der Waals surface area contributed by atoms with Crippen LogP contribution in [0.15, 0.2) is 36.5 Å². The molecule has 1 fully saturated rings. The van der Waals surface area contributed by atoms with E-state index in [1.165, 1.54) is 0 Å². The number of benzene rings is 1. The average molecular weight is 340 g/mol. The molecule has 0 unspecified atom stereocenters. The number of hydrogen-bond acceptors (Lipinski definition) is 5. The molecule has 132 valence electrons. The zero-order valence-electron chi connectivity index (χ0n) is 15.0. The Morgan fingerprint density at radius 2 is 2.00 bits per heavy atom. The van der Waals surface area contributed by atoms with Gasteiger partial charge < -0.3 is 19.9 Å². The monoisotopic (exact) mass is 340 g/mol.